The molecule has 0 aliphatic carbocycles. The van der Waals surface area contributed by atoms with Crippen LogP contribution >= 0.6 is 23.2 Å². The van der Waals surface area contributed by atoms with E-state index >= 15 is 0 Å². The largest absolute Gasteiger partial charge is 0.378 e. The molecular weight excluding hydrogens is 301 g/mol. The van der Waals surface area contributed by atoms with E-state index in [1.165, 1.54) is 10.8 Å². The highest BCUT2D eigenvalue weighted by atomic mass is 35.5. The number of rotatable bonds is 3. The zero-order valence-corrected chi connectivity index (χ0v) is 13.1. The Balaban J connectivity index is 1.87. The summed E-state index contributed by atoms with van der Waals surface area (Å²) >= 11 is 12.2. The van der Waals surface area contributed by atoms with Crippen LogP contribution in [0, 0.1) is 0 Å². The SMILES string of the molecule is CC(Nc1ccc2ccccc2c1)c1ccc(Cl)cc1Cl. The molecule has 0 saturated heterocycles. The number of anilines is 1. The van der Waals surface area contributed by atoms with Crippen LogP contribution in [0.4, 0.5) is 5.69 Å². The number of hydrogen-bond donors (Lipinski definition) is 1. The second-order valence-electron chi connectivity index (χ2n) is 5.09. The van der Waals surface area contributed by atoms with Gasteiger partial charge in [0, 0.05) is 21.8 Å². The predicted molar refractivity (Wildman–Crippen MR) is 92.4 cm³/mol. The second-order valence-corrected chi connectivity index (χ2v) is 5.94. The summed E-state index contributed by atoms with van der Waals surface area (Å²) in [5.74, 6) is 0. The normalized spacial score (nSPS) is 12.3. The minimum Gasteiger partial charge on any atom is -0.378 e. The maximum absolute atomic E-state index is 6.26. The lowest BCUT2D eigenvalue weighted by Gasteiger charge is -2.17. The molecule has 1 atom stereocenters. The van der Waals surface area contributed by atoms with E-state index < -0.39 is 0 Å². The summed E-state index contributed by atoms with van der Waals surface area (Å²) in [6.45, 7) is 2.09. The molecule has 21 heavy (non-hydrogen) atoms. The van der Waals surface area contributed by atoms with Crippen LogP contribution in [0.1, 0.15) is 18.5 Å². The summed E-state index contributed by atoms with van der Waals surface area (Å²) in [6.07, 6.45) is 0. The number of hydrogen-bond acceptors (Lipinski definition) is 1. The van der Waals surface area contributed by atoms with Gasteiger partial charge in [0.2, 0.25) is 0 Å². The van der Waals surface area contributed by atoms with E-state index in [0.717, 1.165) is 11.3 Å². The third-order valence-corrected chi connectivity index (χ3v) is 4.12. The highest BCUT2D eigenvalue weighted by Crippen LogP contribution is 2.29. The van der Waals surface area contributed by atoms with Gasteiger partial charge in [-0.3, -0.25) is 0 Å². The maximum Gasteiger partial charge on any atom is 0.0500 e. The van der Waals surface area contributed by atoms with Crippen molar-refractivity contribution in [1.82, 2.24) is 0 Å². The molecule has 0 amide bonds. The van der Waals surface area contributed by atoms with Crippen LogP contribution in [-0.4, -0.2) is 0 Å². The third kappa shape index (κ3) is 3.15. The van der Waals surface area contributed by atoms with Crippen molar-refractivity contribution in [2.75, 3.05) is 5.32 Å². The van der Waals surface area contributed by atoms with Crippen molar-refractivity contribution in [2.45, 2.75) is 13.0 Å². The van der Waals surface area contributed by atoms with Crippen molar-refractivity contribution in [1.29, 1.82) is 0 Å². The molecule has 0 heterocycles. The molecule has 0 bridgehead atoms. The first-order chi connectivity index (χ1) is 10.1. The van der Waals surface area contributed by atoms with E-state index in [0.29, 0.717) is 10.0 Å². The second kappa shape index (κ2) is 5.97. The Morgan fingerprint density at radius 2 is 1.62 bits per heavy atom. The van der Waals surface area contributed by atoms with E-state index in [2.05, 4.69) is 42.6 Å². The lowest BCUT2D eigenvalue weighted by Crippen LogP contribution is -2.07. The van der Waals surface area contributed by atoms with E-state index in [1.54, 1.807) is 6.07 Å². The molecule has 0 spiro atoms. The van der Waals surface area contributed by atoms with Gasteiger partial charge in [-0.1, -0.05) is 59.6 Å². The Morgan fingerprint density at radius 3 is 2.38 bits per heavy atom. The molecule has 106 valence electrons. The van der Waals surface area contributed by atoms with Gasteiger partial charge in [-0.15, -0.1) is 0 Å². The fraction of sp³-hybridized carbons (Fsp3) is 0.111. The molecular formula is C18H15Cl2N. The molecule has 0 fully saturated rings. The standard InChI is InChI=1S/C18H15Cl2N/c1-12(17-9-7-15(19)11-18(17)20)21-16-8-6-13-4-2-3-5-14(13)10-16/h2-12,21H,1H3. The number of benzene rings is 3. The molecule has 3 aromatic carbocycles. The Morgan fingerprint density at radius 1 is 0.857 bits per heavy atom. The van der Waals surface area contributed by atoms with Crippen molar-refractivity contribution in [3.05, 3.63) is 76.3 Å². The molecule has 1 N–H and O–H groups in total. The Bertz CT molecular complexity index is 783. The molecule has 0 aliphatic rings. The first-order valence-corrected chi connectivity index (χ1v) is 7.59. The van der Waals surface area contributed by atoms with Crippen LogP contribution in [-0.2, 0) is 0 Å². The van der Waals surface area contributed by atoms with Gasteiger partial charge in [0.1, 0.15) is 0 Å². The minimum atomic E-state index is 0.107. The zero-order chi connectivity index (χ0) is 14.8. The fourth-order valence-electron chi connectivity index (χ4n) is 2.46. The molecule has 0 aliphatic heterocycles. The van der Waals surface area contributed by atoms with Crippen molar-refractivity contribution >= 4 is 39.7 Å². The maximum atomic E-state index is 6.26. The topological polar surface area (TPSA) is 12.0 Å². The Kier molecular flexibility index (Phi) is 4.05. The van der Waals surface area contributed by atoms with Crippen LogP contribution in [0.3, 0.4) is 0 Å². The first kappa shape index (κ1) is 14.2. The van der Waals surface area contributed by atoms with Crippen molar-refractivity contribution < 1.29 is 0 Å². The lowest BCUT2D eigenvalue weighted by molar-refractivity contribution is 0.885. The lowest BCUT2D eigenvalue weighted by atomic mass is 10.1. The summed E-state index contributed by atoms with van der Waals surface area (Å²) in [5, 5.41) is 7.28. The van der Waals surface area contributed by atoms with E-state index in [1.807, 2.05) is 24.3 Å². The van der Waals surface area contributed by atoms with Crippen LogP contribution in [0.2, 0.25) is 10.0 Å². The summed E-state index contributed by atoms with van der Waals surface area (Å²) in [5.41, 5.74) is 2.11. The highest BCUT2D eigenvalue weighted by Gasteiger charge is 2.10. The molecule has 0 radical (unpaired) electrons. The smallest absolute Gasteiger partial charge is 0.0500 e. The molecule has 3 heteroatoms. The average molecular weight is 316 g/mol. The van der Waals surface area contributed by atoms with Gasteiger partial charge in [-0.25, -0.2) is 0 Å². The molecule has 3 aromatic rings. The Hall–Kier alpha value is -1.70. The van der Waals surface area contributed by atoms with Gasteiger partial charge in [-0.2, -0.15) is 0 Å². The predicted octanol–water partition coefficient (Wildman–Crippen LogP) is 6.32. The van der Waals surface area contributed by atoms with Crippen LogP contribution < -0.4 is 5.32 Å². The first-order valence-electron chi connectivity index (χ1n) is 6.84. The third-order valence-electron chi connectivity index (χ3n) is 3.56. The van der Waals surface area contributed by atoms with Crippen LogP contribution in [0.5, 0.6) is 0 Å². The molecule has 1 nitrogen and oxygen atoms in total. The van der Waals surface area contributed by atoms with Gasteiger partial charge in [0.15, 0.2) is 0 Å². The van der Waals surface area contributed by atoms with E-state index in [4.69, 9.17) is 23.2 Å². The van der Waals surface area contributed by atoms with E-state index in [-0.39, 0.29) is 6.04 Å². The molecule has 0 aromatic heterocycles. The van der Waals surface area contributed by atoms with Gasteiger partial charge in [0.05, 0.1) is 0 Å². The zero-order valence-electron chi connectivity index (χ0n) is 11.6. The van der Waals surface area contributed by atoms with Crippen LogP contribution in [0.15, 0.2) is 60.7 Å². The average Bonchev–Trinajstić information content (AvgIpc) is 2.47. The summed E-state index contributed by atoms with van der Waals surface area (Å²) in [4.78, 5) is 0. The van der Waals surface area contributed by atoms with Gasteiger partial charge in [0.25, 0.3) is 0 Å². The highest BCUT2D eigenvalue weighted by molar-refractivity contribution is 6.35. The number of nitrogens with one attached hydrogen (secondary N) is 1. The van der Waals surface area contributed by atoms with Crippen molar-refractivity contribution in [2.24, 2.45) is 0 Å². The van der Waals surface area contributed by atoms with Gasteiger partial charge in [-0.05, 0) is 47.5 Å². The molecule has 0 saturated carbocycles. The monoisotopic (exact) mass is 315 g/mol. The summed E-state index contributed by atoms with van der Waals surface area (Å²) in [7, 11) is 0. The van der Waals surface area contributed by atoms with Crippen molar-refractivity contribution in [3.8, 4) is 0 Å². The summed E-state index contributed by atoms with van der Waals surface area (Å²) in [6, 6.07) is 20.4. The summed E-state index contributed by atoms with van der Waals surface area (Å²) < 4.78 is 0. The molecule has 1 unspecified atom stereocenters. The van der Waals surface area contributed by atoms with E-state index in [9.17, 15) is 0 Å². The number of fused-ring (bicyclic) bond motifs is 1. The van der Waals surface area contributed by atoms with Crippen LogP contribution in [0.25, 0.3) is 10.8 Å². The molecule has 3 rings (SSSR count). The van der Waals surface area contributed by atoms with Gasteiger partial charge < -0.3 is 5.32 Å². The van der Waals surface area contributed by atoms with Crippen molar-refractivity contribution in [3.63, 3.8) is 0 Å². The fourth-order valence-corrected chi connectivity index (χ4v) is 3.03. The number of halogens is 2. The quantitative estimate of drug-likeness (QED) is 0.596. The Labute approximate surface area is 134 Å². The minimum absolute atomic E-state index is 0.107. The van der Waals surface area contributed by atoms with Gasteiger partial charge >= 0.3 is 0 Å².